The van der Waals surface area contributed by atoms with E-state index in [4.69, 9.17) is 15.2 Å². The van der Waals surface area contributed by atoms with E-state index in [0.717, 1.165) is 0 Å². The van der Waals surface area contributed by atoms with Crippen molar-refractivity contribution in [1.82, 2.24) is 0 Å². The van der Waals surface area contributed by atoms with E-state index in [1.54, 1.807) is 0 Å². The Hall–Kier alpha value is -0.975. The second kappa shape index (κ2) is 4.04. The van der Waals surface area contributed by atoms with Crippen LogP contribution >= 0.6 is 12.6 Å². The van der Waals surface area contributed by atoms with Crippen molar-refractivity contribution in [2.24, 2.45) is 0 Å². The summed E-state index contributed by atoms with van der Waals surface area (Å²) in [6.07, 6.45) is 0. The highest BCUT2D eigenvalue weighted by Crippen LogP contribution is 2.12. The number of hydrogen-bond donors (Lipinski definition) is 4. The zero-order chi connectivity index (χ0) is 10.9. The van der Waals surface area contributed by atoms with E-state index >= 15 is 0 Å². The first-order valence-corrected chi connectivity index (χ1v) is 4.31. The molecule has 0 bridgehead atoms. The summed E-state index contributed by atoms with van der Waals surface area (Å²) in [5, 5.41) is 26.7. The molecule has 0 unspecified atom stereocenters. The molecule has 0 aliphatic heterocycles. The molecule has 6 heteroatoms. The Morgan fingerprint density at radius 3 is 2.43 bits per heavy atom. The Balaban J connectivity index is 3.40. The Labute approximate surface area is 86.8 Å². The maximum atomic E-state index is 10.8. The summed E-state index contributed by atoms with van der Waals surface area (Å²) in [5.41, 5.74) is 0.529. The fourth-order valence-corrected chi connectivity index (χ4v) is 1.48. The fraction of sp³-hybridized carbons (Fsp3) is 0.125. The second-order valence-corrected chi connectivity index (χ2v) is 3.40. The maximum absolute atomic E-state index is 10.8. The molecule has 0 saturated heterocycles. The van der Waals surface area contributed by atoms with Gasteiger partial charge in [-0.15, -0.1) is 12.6 Å². The van der Waals surface area contributed by atoms with E-state index in [9.17, 15) is 4.79 Å². The van der Waals surface area contributed by atoms with Crippen LogP contribution in [-0.4, -0.2) is 28.2 Å². The number of thiol groups is 1. The highest BCUT2D eigenvalue weighted by atomic mass is 32.1. The number of hydrogen-bond acceptors (Lipinski definition) is 4. The molecule has 0 saturated carbocycles. The number of carboxylic acid groups (broad SMARTS) is 1. The zero-order valence-electron chi connectivity index (χ0n) is 7.43. The molecular weight excluding hydrogens is 203 g/mol. The fourth-order valence-electron chi connectivity index (χ4n) is 1.21. The maximum Gasteiger partial charge on any atom is 0.488 e. The monoisotopic (exact) mass is 212 g/mol. The molecule has 3 N–H and O–H groups in total. The average Bonchev–Trinajstić information content (AvgIpc) is 2.07. The van der Waals surface area contributed by atoms with E-state index in [1.165, 1.54) is 19.1 Å². The SMILES string of the molecule is Cc1c(B(O)O)cc(S)cc1C(=O)O. The van der Waals surface area contributed by atoms with Gasteiger partial charge >= 0.3 is 13.1 Å². The standard InChI is InChI=1S/C8H9BO4S/c1-4-6(8(10)11)2-5(14)3-7(4)9(12)13/h2-3,12-14H,1H3,(H,10,11). The van der Waals surface area contributed by atoms with Crippen molar-refractivity contribution < 1.29 is 19.9 Å². The average molecular weight is 212 g/mol. The second-order valence-electron chi connectivity index (χ2n) is 2.89. The Kier molecular flexibility index (Phi) is 3.20. The van der Waals surface area contributed by atoms with Crippen LogP contribution in [0.1, 0.15) is 15.9 Å². The Morgan fingerprint density at radius 1 is 1.43 bits per heavy atom. The van der Waals surface area contributed by atoms with Gasteiger partial charge in [0.1, 0.15) is 0 Å². The molecule has 0 radical (unpaired) electrons. The van der Waals surface area contributed by atoms with Crippen molar-refractivity contribution in [2.45, 2.75) is 11.8 Å². The molecule has 74 valence electrons. The third-order valence-electron chi connectivity index (χ3n) is 1.94. The molecule has 1 aromatic carbocycles. The predicted octanol–water partition coefficient (Wildman–Crippen LogP) is -0.338. The van der Waals surface area contributed by atoms with Gasteiger partial charge in [0, 0.05) is 4.90 Å². The lowest BCUT2D eigenvalue weighted by Crippen LogP contribution is -2.33. The molecule has 1 rings (SSSR count). The lowest BCUT2D eigenvalue weighted by molar-refractivity contribution is 0.0696. The number of carboxylic acids is 1. The summed E-state index contributed by atoms with van der Waals surface area (Å²) < 4.78 is 0. The van der Waals surface area contributed by atoms with Crippen LogP contribution in [0.2, 0.25) is 0 Å². The van der Waals surface area contributed by atoms with Crippen LogP contribution in [0.4, 0.5) is 0 Å². The molecule has 0 fully saturated rings. The van der Waals surface area contributed by atoms with E-state index in [1.807, 2.05) is 0 Å². The van der Waals surface area contributed by atoms with Crippen molar-refractivity contribution in [2.75, 3.05) is 0 Å². The van der Waals surface area contributed by atoms with Crippen molar-refractivity contribution in [3.8, 4) is 0 Å². The van der Waals surface area contributed by atoms with Gasteiger partial charge in [-0.2, -0.15) is 0 Å². The summed E-state index contributed by atoms with van der Waals surface area (Å²) in [6.45, 7) is 1.52. The number of carbonyl (C=O) groups is 1. The van der Waals surface area contributed by atoms with Gasteiger partial charge < -0.3 is 15.2 Å². The van der Waals surface area contributed by atoms with Crippen LogP contribution < -0.4 is 5.46 Å². The quantitative estimate of drug-likeness (QED) is 0.399. The third-order valence-corrected chi connectivity index (χ3v) is 2.20. The molecule has 1 aromatic rings. The van der Waals surface area contributed by atoms with Gasteiger partial charge in [-0.1, -0.05) is 0 Å². The minimum absolute atomic E-state index is 0.0283. The van der Waals surface area contributed by atoms with Gasteiger partial charge in [-0.3, -0.25) is 0 Å². The largest absolute Gasteiger partial charge is 0.488 e. The Morgan fingerprint density at radius 2 is 2.00 bits per heavy atom. The van der Waals surface area contributed by atoms with Gasteiger partial charge in [0.05, 0.1) is 5.56 Å². The van der Waals surface area contributed by atoms with Crippen LogP contribution in [0, 0.1) is 6.92 Å². The molecule has 0 aliphatic rings. The van der Waals surface area contributed by atoms with Crippen LogP contribution in [0.25, 0.3) is 0 Å². The van der Waals surface area contributed by atoms with E-state index < -0.39 is 13.1 Å². The summed E-state index contributed by atoms with van der Waals surface area (Å²) in [7, 11) is -1.68. The molecule has 0 atom stereocenters. The molecule has 14 heavy (non-hydrogen) atoms. The molecule has 4 nitrogen and oxygen atoms in total. The van der Waals surface area contributed by atoms with Crippen LogP contribution in [0.5, 0.6) is 0 Å². The summed E-state index contributed by atoms with van der Waals surface area (Å²) in [5.74, 6) is -1.11. The normalized spacial score (nSPS) is 10.0. The minimum atomic E-state index is -1.68. The first kappa shape index (κ1) is 11.1. The van der Waals surface area contributed by atoms with E-state index in [0.29, 0.717) is 10.5 Å². The molecule has 0 amide bonds. The van der Waals surface area contributed by atoms with Crippen LogP contribution in [0.3, 0.4) is 0 Å². The highest BCUT2D eigenvalue weighted by molar-refractivity contribution is 7.80. The smallest absolute Gasteiger partial charge is 0.478 e. The van der Waals surface area contributed by atoms with Gasteiger partial charge in [0.2, 0.25) is 0 Å². The van der Waals surface area contributed by atoms with Crippen molar-refractivity contribution >= 4 is 31.2 Å². The first-order chi connectivity index (χ1) is 6.43. The highest BCUT2D eigenvalue weighted by Gasteiger charge is 2.19. The van der Waals surface area contributed by atoms with Gasteiger partial charge in [0.25, 0.3) is 0 Å². The predicted molar refractivity (Wildman–Crippen MR) is 55.2 cm³/mol. The van der Waals surface area contributed by atoms with Crippen LogP contribution in [-0.2, 0) is 0 Å². The van der Waals surface area contributed by atoms with Crippen molar-refractivity contribution in [3.63, 3.8) is 0 Å². The van der Waals surface area contributed by atoms with E-state index in [2.05, 4.69) is 12.6 Å². The number of rotatable bonds is 2. The van der Waals surface area contributed by atoms with E-state index in [-0.39, 0.29) is 11.0 Å². The molecule has 0 aromatic heterocycles. The zero-order valence-corrected chi connectivity index (χ0v) is 8.32. The minimum Gasteiger partial charge on any atom is -0.478 e. The van der Waals surface area contributed by atoms with Crippen molar-refractivity contribution in [3.05, 3.63) is 23.3 Å². The topological polar surface area (TPSA) is 77.8 Å². The molecule has 0 heterocycles. The van der Waals surface area contributed by atoms with Crippen molar-refractivity contribution in [1.29, 1.82) is 0 Å². The summed E-state index contributed by atoms with van der Waals surface area (Å²) in [6, 6.07) is 2.79. The molecule has 0 spiro atoms. The first-order valence-electron chi connectivity index (χ1n) is 3.86. The third kappa shape index (κ3) is 2.09. The number of benzene rings is 1. The lowest BCUT2D eigenvalue weighted by atomic mass is 9.76. The van der Waals surface area contributed by atoms with Crippen LogP contribution in [0.15, 0.2) is 17.0 Å². The molecule has 0 aliphatic carbocycles. The number of aromatic carboxylic acids is 1. The lowest BCUT2D eigenvalue weighted by Gasteiger charge is -2.08. The van der Waals surface area contributed by atoms with Gasteiger partial charge in [-0.05, 0) is 30.1 Å². The molecular formula is C8H9BO4S. The Bertz CT molecular complexity index is 378. The summed E-state index contributed by atoms with van der Waals surface area (Å²) >= 11 is 3.97. The van der Waals surface area contributed by atoms with Gasteiger partial charge in [0.15, 0.2) is 0 Å². The van der Waals surface area contributed by atoms with Gasteiger partial charge in [-0.25, -0.2) is 4.79 Å². The summed E-state index contributed by atoms with van der Waals surface area (Å²) in [4.78, 5) is 11.1.